The van der Waals surface area contributed by atoms with Crippen LogP contribution in [-0.2, 0) is 6.54 Å². The molecule has 2 aromatic rings. The van der Waals surface area contributed by atoms with Crippen molar-refractivity contribution in [3.05, 3.63) is 42.0 Å². The molecule has 25 heavy (non-hydrogen) atoms. The van der Waals surface area contributed by atoms with Crippen molar-refractivity contribution in [1.29, 1.82) is 0 Å². The largest absolute Gasteiger partial charge is 0.444 e. The SMILES string of the molecule is CN(Cc1coc(-c2ccc(F)cc2)n1)CC1CCN(CCO)CC1. The summed E-state index contributed by atoms with van der Waals surface area (Å²) >= 11 is 0. The van der Waals surface area contributed by atoms with Gasteiger partial charge in [-0.3, -0.25) is 0 Å². The first-order valence-electron chi connectivity index (χ1n) is 8.86. The summed E-state index contributed by atoms with van der Waals surface area (Å²) in [7, 11) is 2.10. The second-order valence-corrected chi connectivity index (χ2v) is 6.86. The van der Waals surface area contributed by atoms with Crippen LogP contribution in [0.5, 0.6) is 0 Å². The van der Waals surface area contributed by atoms with Crippen LogP contribution in [0.25, 0.3) is 11.5 Å². The molecule has 1 aliphatic heterocycles. The van der Waals surface area contributed by atoms with E-state index < -0.39 is 0 Å². The van der Waals surface area contributed by atoms with Crippen LogP contribution in [0.2, 0.25) is 0 Å². The molecule has 1 fully saturated rings. The molecule has 0 amide bonds. The van der Waals surface area contributed by atoms with Gasteiger partial charge < -0.3 is 19.3 Å². The number of likely N-dealkylation sites (tertiary alicyclic amines) is 1. The average molecular weight is 347 g/mol. The lowest BCUT2D eigenvalue weighted by atomic mass is 9.96. The van der Waals surface area contributed by atoms with E-state index >= 15 is 0 Å². The molecular formula is C19H26FN3O2. The minimum absolute atomic E-state index is 0.243. The minimum Gasteiger partial charge on any atom is -0.444 e. The highest BCUT2D eigenvalue weighted by molar-refractivity contribution is 5.52. The van der Waals surface area contributed by atoms with Gasteiger partial charge in [-0.25, -0.2) is 9.37 Å². The normalized spacial score (nSPS) is 16.6. The van der Waals surface area contributed by atoms with E-state index in [-0.39, 0.29) is 12.4 Å². The van der Waals surface area contributed by atoms with Crippen molar-refractivity contribution in [3.8, 4) is 11.5 Å². The summed E-state index contributed by atoms with van der Waals surface area (Å²) in [5.41, 5.74) is 1.67. The van der Waals surface area contributed by atoms with Crippen molar-refractivity contribution in [3.63, 3.8) is 0 Å². The fraction of sp³-hybridized carbons (Fsp3) is 0.526. The summed E-state index contributed by atoms with van der Waals surface area (Å²) in [4.78, 5) is 9.11. The zero-order valence-corrected chi connectivity index (χ0v) is 14.7. The van der Waals surface area contributed by atoms with Gasteiger partial charge >= 0.3 is 0 Å². The van der Waals surface area contributed by atoms with Gasteiger partial charge in [0.1, 0.15) is 12.1 Å². The molecule has 0 aliphatic carbocycles. The van der Waals surface area contributed by atoms with Crippen molar-refractivity contribution in [2.75, 3.05) is 39.8 Å². The number of halogens is 1. The number of nitrogens with zero attached hydrogens (tertiary/aromatic N) is 3. The highest BCUT2D eigenvalue weighted by Gasteiger charge is 2.20. The van der Waals surface area contributed by atoms with Gasteiger partial charge in [0.05, 0.1) is 12.3 Å². The van der Waals surface area contributed by atoms with Crippen LogP contribution < -0.4 is 0 Å². The third-order valence-corrected chi connectivity index (χ3v) is 4.77. The molecule has 1 aliphatic rings. The predicted octanol–water partition coefficient (Wildman–Crippen LogP) is 2.62. The van der Waals surface area contributed by atoms with Crippen LogP contribution in [-0.4, -0.2) is 59.7 Å². The minimum atomic E-state index is -0.264. The van der Waals surface area contributed by atoms with Crippen LogP contribution in [0.4, 0.5) is 4.39 Å². The Morgan fingerprint density at radius 3 is 2.68 bits per heavy atom. The third-order valence-electron chi connectivity index (χ3n) is 4.77. The topological polar surface area (TPSA) is 52.7 Å². The first kappa shape index (κ1) is 18.0. The van der Waals surface area contributed by atoms with Gasteiger partial charge in [0.25, 0.3) is 0 Å². The first-order chi connectivity index (χ1) is 12.1. The summed E-state index contributed by atoms with van der Waals surface area (Å²) in [6.45, 7) is 4.93. The Balaban J connectivity index is 1.49. The Hall–Kier alpha value is -1.76. The highest BCUT2D eigenvalue weighted by atomic mass is 19.1. The predicted molar refractivity (Wildman–Crippen MR) is 94.5 cm³/mol. The fourth-order valence-electron chi connectivity index (χ4n) is 3.42. The highest BCUT2D eigenvalue weighted by Crippen LogP contribution is 2.21. The molecule has 1 aromatic carbocycles. The molecule has 5 nitrogen and oxygen atoms in total. The van der Waals surface area contributed by atoms with Crippen molar-refractivity contribution >= 4 is 0 Å². The van der Waals surface area contributed by atoms with Crippen molar-refractivity contribution < 1.29 is 13.9 Å². The van der Waals surface area contributed by atoms with Crippen LogP contribution >= 0.6 is 0 Å². The average Bonchev–Trinajstić information content (AvgIpc) is 3.06. The Bertz CT molecular complexity index is 651. The molecule has 0 bridgehead atoms. The second kappa shape index (κ2) is 8.56. The van der Waals surface area contributed by atoms with Crippen molar-refractivity contribution in [2.24, 2.45) is 5.92 Å². The Morgan fingerprint density at radius 1 is 1.28 bits per heavy atom. The molecule has 0 radical (unpaired) electrons. The van der Waals surface area contributed by atoms with E-state index in [1.165, 1.54) is 25.0 Å². The monoisotopic (exact) mass is 347 g/mol. The van der Waals surface area contributed by atoms with E-state index in [2.05, 4.69) is 21.8 Å². The number of rotatable bonds is 7. The molecule has 2 heterocycles. The Labute approximate surface area is 148 Å². The zero-order valence-electron chi connectivity index (χ0n) is 14.7. The van der Waals surface area contributed by atoms with E-state index in [0.29, 0.717) is 11.8 Å². The molecule has 3 rings (SSSR count). The van der Waals surface area contributed by atoms with E-state index in [9.17, 15) is 4.39 Å². The number of hydrogen-bond acceptors (Lipinski definition) is 5. The maximum Gasteiger partial charge on any atom is 0.226 e. The van der Waals surface area contributed by atoms with Gasteiger partial charge in [-0.15, -0.1) is 0 Å². The summed E-state index contributed by atoms with van der Waals surface area (Å²) in [6.07, 6.45) is 4.02. The van der Waals surface area contributed by atoms with Gasteiger partial charge in [-0.1, -0.05) is 0 Å². The summed E-state index contributed by atoms with van der Waals surface area (Å²) in [6, 6.07) is 6.17. The lowest BCUT2D eigenvalue weighted by Gasteiger charge is -2.33. The number of aromatic nitrogens is 1. The molecule has 0 spiro atoms. The first-order valence-corrected chi connectivity index (χ1v) is 8.86. The van der Waals surface area contributed by atoms with Crippen molar-refractivity contribution in [2.45, 2.75) is 19.4 Å². The number of oxazole rings is 1. The number of piperidine rings is 1. The molecule has 1 aromatic heterocycles. The van der Waals surface area contributed by atoms with Crippen LogP contribution in [0.15, 0.2) is 34.9 Å². The zero-order chi connectivity index (χ0) is 17.6. The van der Waals surface area contributed by atoms with Gasteiger partial charge in [0.15, 0.2) is 0 Å². The molecule has 0 unspecified atom stereocenters. The molecule has 136 valence electrons. The second-order valence-electron chi connectivity index (χ2n) is 6.86. The molecular weight excluding hydrogens is 321 g/mol. The quantitative estimate of drug-likeness (QED) is 0.834. The van der Waals surface area contributed by atoms with Crippen LogP contribution in [0.3, 0.4) is 0 Å². The number of hydrogen-bond donors (Lipinski definition) is 1. The summed E-state index contributed by atoms with van der Waals surface area (Å²) in [5.74, 6) is 0.949. The van der Waals surface area contributed by atoms with E-state index in [4.69, 9.17) is 9.52 Å². The van der Waals surface area contributed by atoms with E-state index in [0.717, 1.165) is 44.0 Å². The smallest absolute Gasteiger partial charge is 0.226 e. The van der Waals surface area contributed by atoms with E-state index in [1.807, 2.05) is 0 Å². The standard InChI is InChI=1S/C19H26FN3O2/c1-22(12-15-6-8-23(9-7-15)10-11-24)13-18-14-25-19(21-18)16-2-4-17(20)5-3-16/h2-5,14-15,24H,6-13H2,1H3. The fourth-order valence-corrected chi connectivity index (χ4v) is 3.42. The van der Waals surface area contributed by atoms with Gasteiger partial charge in [-0.2, -0.15) is 0 Å². The van der Waals surface area contributed by atoms with Gasteiger partial charge in [0.2, 0.25) is 5.89 Å². The Morgan fingerprint density at radius 2 is 2.00 bits per heavy atom. The molecule has 6 heteroatoms. The number of aliphatic hydroxyl groups is 1. The number of aliphatic hydroxyl groups excluding tert-OH is 1. The lowest BCUT2D eigenvalue weighted by Crippen LogP contribution is -2.38. The molecule has 0 atom stereocenters. The lowest BCUT2D eigenvalue weighted by molar-refractivity contribution is 0.129. The molecule has 0 saturated carbocycles. The van der Waals surface area contributed by atoms with Gasteiger partial charge in [-0.05, 0) is 63.2 Å². The summed E-state index contributed by atoms with van der Waals surface area (Å²) < 4.78 is 18.5. The van der Waals surface area contributed by atoms with Crippen molar-refractivity contribution in [1.82, 2.24) is 14.8 Å². The van der Waals surface area contributed by atoms with E-state index in [1.54, 1.807) is 18.4 Å². The van der Waals surface area contributed by atoms with Gasteiger partial charge in [0, 0.05) is 25.2 Å². The maximum absolute atomic E-state index is 13.0. The summed E-state index contributed by atoms with van der Waals surface area (Å²) in [5, 5.41) is 9.01. The van der Waals surface area contributed by atoms with Crippen LogP contribution in [0.1, 0.15) is 18.5 Å². The number of β-amino-alcohol motifs (C(OH)–C–C–N with tert-alkyl or cyclic N) is 1. The Kier molecular flexibility index (Phi) is 6.18. The maximum atomic E-state index is 13.0. The van der Waals surface area contributed by atoms with Crippen LogP contribution in [0, 0.1) is 11.7 Å². The molecule has 1 N–H and O–H groups in total. The molecule has 1 saturated heterocycles. The number of benzene rings is 1. The third kappa shape index (κ3) is 5.11.